The van der Waals surface area contributed by atoms with Crippen LogP contribution in [0.3, 0.4) is 0 Å². The lowest BCUT2D eigenvalue weighted by Crippen LogP contribution is -2.28. The lowest BCUT2D eigenvalue weighted by atomic mass is 10.1. The number of hydrogen-bond acceptors (Lipinski definition) is 2. The molecule has 1 aromatic carbocycles. The van der Waals surface area contributed by atoms with E-state index in [4.69, 9.17) is 5.73 Å². The number of fused-ring (bicyclic) bond motifs is 1. The Kier molecular flexibility index (Phi) is 3.54. The largest absolute Gasteiger partial charge is 0.409 e. The molecule has 19 heavy (non-hydrogen) atoms. The highest BCUT2D eigenvalue weighted by Crippen LogP contribution is 2.35. The average molecular weight is 271 g/mol. The molecule has 0 saturated carbocycles. The molecule has 104 valence electrons. The fourth-order valence-electron chi connectivity index (χ4n) is 2.15. The van der Waals surface area contributed by atoms with E-state index in [1.807, 2.05) is 13.8 Å². The van der Waals surface area contributed by atoms with Gasteiger partial charge in [-0.1, -0.05) is 0 Å². The van der Waals surface area contributed by atoms with Crippen molar-refractivity contribution in [2.75, 3.05) is 6.54 Å². The van der Waals surface area contributed by atoms with Gasteiger partial charge in [0.15, 0.2) is 0 Å². The van der Waals surface area contributed by atoms with Crippen molar-refractivity contribution < 1.29 is 13.2 Å². The summed E-state index contributed by atoms with van der Waals surface area (Å²) < 4.78 is 40.4. The molecule has 2 rings (SSSR count). The zero-order valence-electron chi connectivity index (χ0n) is 10.8. The summed E-state index contributed by atoms with van der Waals surface area (Å²) in [6, 6.07) is 1.92. The standard InChI is InChI=1S/C13H16F3N3/c1-8-5-10-11(6-9(8)2)19(7-18-10)12(3-4-17)13(14,15)16/h5-7,12H,3-4,17H2,1-2H3. The van der Waals surface area contributed by atoms with Gasteiger partial charge in [0.25, 0.3) is 0 Å². The minimum absolute atomic E-state index is 0.0192. The molecule has 0 saturated heterocycles. The maximum absolute atomic E-state index is 13.1. The molecule has 3 nitrogen and oxygen atoms in total. The van der Waals surface area contributed by atoms with E-state index in [9.17, 15) is 13.2 Å². The second kappa shape index (κ2) is 4.85. The zero-order valence-corrected chi connectivity index (χ0v) is 10.8. The second-order valence-corrected chi connectivity index (χ2v) is 4.71. The highest BCUT2D eigenvalue weighted by atomic mass is 19.4. The third-order valence-corrected chi connectivity index (χ3v) is 3.34. The molecule has 1 atom stereocenters. The van der Waals surface area contributed by atoms with Gasteiger partial charge in [-0.25, -0.2) is 4.98 Å². The Bertz CT molecular complexity index is 587. The smallest absolute Gasteiger partial charge is 0.330 e. The minimum Gasteiger partial charge on any atom is -0.330 e. The van der Waals surface area contributed by atoms with Crippen LogP contribution < -0.4 is 5.73 Å². The summed E-state index contributed by atoms with van der Waals surface area (Å²) in [6.07, 6.45) is -3.23. The Morgan fingerprint density at radius 1 is 1.26 bits per heavy atom. The van der Waals surface area contributed by atoms with E-state index < -0.39 is 12.2 Å². The van der Waals surface area contributed by atoms with Crippen molar-refractivity contribution in [1.29, 1.82) is 0 Å². The van der Waals surface area contributed by atoms with E-state index in [-0.39, 0.29) is 13.0 Å². The van der Waals surface area contributed by atoms with Crippen molar-refractivity contribution in [1.82, 2.24) is 9.55 Å². The van der Waals surface area contributed by atoms with Gasteiger partial charge in [-0.2, -0.15) is 13.2 Å². The Morgan fingerprint density at radius 3 is 2.47 bits per heavy atom. The maximum Gasteiger partial charge on any atom is 0.409 e. The molecule has 0 radical (unpaired) electrons. The first-order valence-corrected chi connectivity index (χ1v) is 6.05. The molecule has 0 aliphatic rings. The fraction of sp³-hybridized carbons (Fsp3) is 0.462. The number of nitrogens with zero attached hydrogens (tertiary/aromatic N) is 2. The number of alkyl halides is 3. The molecular formula is C13H16F3N3. The molecule has 1 unspecified atom stereocenters. The normalized spacial score (nSPS) is 14.0. The van der Waals surface area contributed by atoms with E-state index in [1.165, 1.54) is 10.9 Å². The highest BCUT2D eigenvalue weighted by molar-refractivity contribution is 5.77. The van der Waals surface area contributed by atoms with Crippen LogP contribution in [0.15, 0.2) is 18.5 Å². The average Bonchev–Trinajstić information content (AvgIpc) is 2.68. The van der Waals surface area contributed by atoms with Gasteiger partial charge in [-0.3, -0.25) is 0 Å². The van der Waals surface area contributed by atoms with Crippen molar-refractivity contribution in [3.63, 3.8) is 0 Å². The number of aryl methyl sites for hydroxylation is 2. The quantitative estimate of drug-likeness (QED) is 0.932. The Balaban J connectivity index is 2.57. The molecule has 1 aromatic heterocycles. The van der Waals surface area contributed by atoms with Crippen molar-refractivity contribution in [3.05, 3.63) is 29.6 Å². The lowest BCUT2D eigenvalue weighted by molar-refractivity contribution is -0.168. The number of rotatable bonds is 3. The third kappa shape index (κ3) is 2.58. The van der Waals surface area contributed by atoms with E-state index in [1.54, 1.807) is 12.1 Å². The van der Waals surface area contributed by atoms with E-state index in [2.05, 4.69) is 4.98 Å². The summed E-state index contributed by atoms with van der Waals surface area (Å²) in [5.41, 5.74) is 8.33. The molecule has 1 heterocycles. The summed E-state index contributed by atoms with van der Waals surface area (Å²) in [7, 11) is 0. The van der Waals surface area contributed by atoms with E-state index >= 15 is 0 Å². The van der Waals surface area contributed by atoms with Gasteiger partial charge in [-0.05, 0) is 50.1 Å². The molecular weight excluding hydrogens is 255 g/mol. The van der Waals surface area contributed by atoms with Gasteiger partial charge in [0.2, 0.25) is 0 Å². The van der Waals surface area contributed by atoms with Crippen LogP contribution >= 0.6 is 0 Å². The van der Waals surface area contributed by atoms with Crippen LogP contribution in [0.1, 0.15) is 23.6 Å². The van der Waals surface area contributed by atoms with Gasteiger partial charge >= 0.3 is 6.18 Å². The predicted octanol–water partition coefficient (Wildman–Crippen LogP) is 3.11. The summed E-state index contributed by atoms with van der Waals surface area (Å²) >= 11 is 0. The Hall–Kier alpha value is -1.56. The number of nitrogens with two attached hydrogens (primary N) is 1. The van der Waals surface area contributed by atoms with Crippen molar-refractivity contribution in [2.24, 2.45) is 5.73 Å². The van der Waals surface area contributed by atoms with Crippen LogP contribution in [0, 0.1) is 13.8 Å². The number of benzene rings is 1. The van der Waals surface area contributed by atoms with Gasteiger partial charge < -0.3 is 10.3 Å². The lowest BCUT2D eigenvalue weighted by Gasteiger charge is -2.22. The van der Waals surface area contributed by atoms with Crippen LogP contribution in [-0.4, -0.2) is 22.3 Å². The number of imidazole rings is 1. The monoisotopic (exact) mass is 271 g/mol. The predicted molar refractivity (Wildman–Crippen MR) is 68.0 cm³/mol. The summed E-state index contributed by atoms with van der Waals surface area (Å²) in [5.74, 6) is 0. The summed E-state index contributed by atoms with van der Waals surface area (Å²) in [4.78, 5) is 4.06. The first-order valence-electron chi connectivity index (χ1n) is 6.05. The molecule has 6 heteroatoms. The number of aromatic nitrogens is 2. The van der Waals surface area contributed by atoms with Gasteiger partial charge in [0.1, 0.15) is 6.04 Å². The van der Waals surface area contributed by atoms with Crippen LogP contribution in [0.25, 0.3) is 11.0 Å². The van der Waals surface area contributed by atoms with Crippen LogP contribution in [0.2, 0.25) is 0 Å². The zero-order chi connectivity index (χ0) is 14.2. The maximum atomic E-state index is 13.1. The first kappa shape index (κ1) is 13.9. The molecule has 0 fully saturated rings. The van der Waals surface area contributed by atoms with Crippen molar-refractivity contribution in [2.45, 2.75) is 32.5 Å². The molecule has 0 spiro atoms. The van der Waals surface area contributed by atoms with Gasteiger partial charge in [-0.15, -0.1) is 0 Å². The van der Waals surface area contributed by atoms with Crippen LogP contribution in [0.4, 0.5) is 13.2 Å². The molecule has 2 N–H and O–H groups in total. The number of halogens is 3. The molecule has 2 aromatic rings. The first-order chi connectivity index (χ1) is 8.84. The topological polar surface area (TPSA) is 43.8 Å². The van der Waals surface area contributed by atoms with Crippen molar-refractivity contribution >= 4 is 11.0 Å². The SMILES string of the molecule is Cc1cc2ncn(C(CCN)C(F)(F)F)c2cc1C. The number of hydrogen-bond donors (Lipinski definition) is 1. The van der Waals surface area contributed by atoms with Crippen LogP contribution in [-0.2, 0) is 0 Å². The van der Waals surface area contributed by atoms with Gasteiger partial charge in [0.05, 0.1) is 17.4 Å². The molecule has 0 amide bonds. The van der Waals surface area contributed by atoms with Gasteiger partial charge in [0, 0.05) is 0 Å². The molecule has 0 bridgehead atoms. The second-order valence-electron chi connectivity index (χ2n) is 4.71. The summed E-state index contributed by atoms with van der Waals surface area (Å²) in [5, 5.41) is 0. The van der Waals surface area contributed by atoms with Crippen molar-refractivity contribution in [3.8, 4) is 0 Å². The highest BCUT2D eigenvalue weighted by Gasteiger charge is 2.40. The molecule has 0 aliphatic heterocycles. The Labute approximate surface area is 109 Å². The molecule has 0 aliphatic carbocycles. The Morgan fingerprint density at radius 2 is 1.89 bits per heavy atom. The van der Waals surface area contributed by atoms with E-state index in [0.29, 0.717) is 11.0 Å². The van der Waals surface area contributed by atoms with Crippen LogP contribution in [0.5, 0.6) is 0 Å². The van der Waals surface area contributed by atoms with E-state index in [0.717, 1.165) is 11.1 Å². The third-order valence-electron chi connectivity index (χ3n) is 3.34. The fourth-order valence-corrected chi connectivity index (χ4v) is 2.15. The minimum atomic E-state index is -4.33. The summed E-state index contributed by atoms with van der Waals surface area (Å²) in [6.45, 7) is 3.77.